The maximum absolute atomic E-state index is 12.0. The Morgan fingerprint density at radius 3 is 2.78 bits per heavy atom. The Kier molecular flexibility index (Phi) is 2.89. The van der Waals surface area contributed by atoms with Crippen LogP contribution >= 0.6 is 0 Å². The van der Waals surface area contributed by atoms with Crippen molar-refractivity contribution < 1.29 is 9.59 Å². The van der Waals surface area contributed by atoms with Gasteiger partial charge in [-0.25, -0.2) is 0 Å². The molecule has 2 rings (SSSR count). The molecule has 0 spiro atoms. The summed E-state index contributed by atoms with van der Waals surface area (Å²) in [6.07, 6.45) is 6.92. The zero-order chi connectivity index (χ0) is 13.5. The molecule has 0 saturated heterocycles. The van der Waals surface area contributed by atoms with E-state index in [-0.39, 0.29) is 17.7 Å². The lowest BCUT2D eigenvalue weighted by molar-refractivity contribution is -0.120. The van der Waals surface area contributed by atoms with Crippen molar-refractivity contribution in [2.45, 2.75) is 39.3 Å². The molecule has 0 aromatic carbocycles. The van der Waals surface area contributed by atoms with Crippen molar-refractivity contribution in [2.75, 3.05) is 0 Å². The first-order valence-electron chi connectivity index (χ1n) is 6.05. The van der Waals surface area contributed by atoms with Crippen LogP contribution < -0.4 is 5.32 Å². The number of fused-ring (bicyclic) bond motifs is 1. The van der Waals surface area contributed by atoms with Crippen molar-refractivity contribution in [1.82, 2.24) is 10.2 Å². The smallest absolute Gasteiger partial charge is 0.249 e. The van der Waals surface area contributed by atoms with Crippen molar-refractivity contribution in [2.24, 2.45) is 0 Å². The van der Waals surface area contributed by atoms with E-state index in [9.17, 15) is 9.59 Å². The average Bonchev–Trinajstić information content (AvgIpc) is 2.65. The third-order valence-corrected chi connectivity index (χ3v) is 3.30. The fraction of sp³-hybridized carbons (Fsp3) is 0.429. The molecule has 2 atom stereocenters. The van der Waals surface area contributed by atoms with E-state index >= 15 is 0 Å². The highest BCUT2D eigenvalue weighted by Gasteiger charge is 2.47. The number of nitrogens with one attached hydrogen (secondary N) is 1. The van der Waals surface area contributed by atoms with Crippen LogP contribution in [0.25, 0.3) is 0 Å². The molecule has 1 amide bonds. The fourth-order valence-electron chi connectivity index (χ4n) is 2.45. The van der Waals surface area contributed by atoms with Gasteiger partial charge in [0, 0.05) is 18.2 Å². The van der Waals surface area contributed by atoms with Crippen LogP contribution in [0, 0.1) is 0 Å². The van der Waals surface area contributed by atoms with Crippen LogP contribution in [0.2, 0.25) is 0 Å². The molecule has 0 bridgehead atoms. The van der Waals surface area contributed by atoms with E-state index in [0.29, 0.717) is 5.82 Å². The zero-order valence-corrected chi connectivity index (χ0v) is 11.2. The van der Waals surface area contributed by atoms with Gasteiger partial charge >= 0.3 is 0 Å². The SMILES string of the molecule is CC(C)=CC(=O)NC1=CC(=O)C2(C)C=CC(C)N12. The Balaban J connectivity index is 2.21. The minimum atomic E-state index is -0.632. The first-order chi connectivity index (χ1) is 8.34. The van der Waals surface area contributed by atoms with Gasteiger partial charge in [0.25, 0.3) is 0 Å². The second-order valence-corrected chi connectivity index (χ2v) is 5.22. The largest absolute Gasteiger partial charge is 0.335 e. The second-order valence-electron chi connectivity index (χ2n) is 5.22. The number of carbonyl (C=O) groups is 2. The van der Waals surface area contributed by atoms with Crippen molar-refractivity contribution in [3.05, 3.63) is 35.7 Å². The molecular formula is C14H18N2O2. The lowest BCUT2D eigenvalue weighted by atomic mass is 10.00. The van der Waals surface area contributed by atoms with Crippen molar-refractivity contribution in [1.29, 1.82) is 0 Å². The Hall–Kier alpha value is -1.84. The van der Waals surface area contributed by atoms with Crippen molar-refractivity contribution in [3.63, 3.8) is 0 Å². The summed E-state index contributed by atoms with van der Waals surface area (Å²) in [5.74, 6) is 0.399. The van der Waals surface area contributed by atoms with Crippen molar-refractivity contribution in [3.8, 4) is 0 Å². The van der Waals surface area contributed by atoms with Crippen LogP contribution in [-0.4, -0.2) is 28.2 Å². The number of hydrogen-bond acceptors (Lipinski definition) is 3. The molecule has 0 radical (unpaired) electrons. The lowest BCUT2D eigenvalue weighted by Gasteiger charge is -2.33. The number of allylic oxidation sites excluding steroid dienone is 1. The second kappa shape index (κ2) is 4.12. The zero-order valence-electron chi connectivity index (χ0n) is 11.2. The third kappa shape index (κ3) is 1.88. The van der Waals surface area contributed by atoms with Gasteiger partial charge in [-0.15, -0.1) is 0 Å². The van der Waals surface area contributed by atoms with Crippen LogP contribution in [0.1, 0.15) is 27.7 Å². The van der Waals surface area contributed by atoms with E-state index in [1.54, 1.807) is 0 Å². The number of carbonyl (C=O) groups excluding carboxylic acids is 2. The summed E-state index contributed by atoms with van der Waals surface area (Å²) >= 11 is 0. The van der Waals surface area contributed by atoms with Crippen LogP contribution in [0.5, 0.6) is 0 Å². The van der Waals surface area contributed by atoms with Gasteiger partial charge in [-0.2, -0.15) is 0 Å². The molecule has 4 nitrogen and oxygen atoms in total. The first-order valence-corrected chi connectivity index (χ1v) is 6.05. The number of nitrogens with zero attached hydrogens (tertiary/aromatic N) is 1. The molecule has 0 aromatic rings. The fourth-order valence-corrected chi connectivity index (χ4v) is 2.45. The number of amides is 1. The highest BCUT2D eigenvalue weighted by Crippen LogP contribution is 2.36. The topological polar surface area (TPSA) is 49.4 Å². The Labute approximate surface area is 107 Å². The first kappa shape index (κ1) is 12.6. The van der Waals surface area contributed by atoms with E-state index in [1.807, 2.05) is 44.7 Å². The lowest BCUT2D eigenvalue weighted by Crippen LogP contribution is -2.47. The van der Waals surface area contributed by atoms with Gasteiger partial charge in [0.15, 0.2) is 5.78 Å². The third-order valence-electron chi connectivity index (χ3n) is 3.30. The van der Waals surface area contributed by atoms with E-state index in [4.69, 9.17) is 0 Å². The summed E-state index contributed by atoms with van der Waals surface area (Å²) in [5, 5.41) is 2.78. The van der Waals surface area contributed by atoms with Gasteiger partial charge < -0.3 is 10.2 Å². The van der Waals surface area contributed by atoms with E-state index in [1.165, 1.54) is 12.2 Å². The maximum Gasteiger partial charge on any atom is 0.249 e. The molecule has 0 saturated carbocycles. The van der Waals surface area contributed by atoms with E-state index in [2.05, 4.69) is 5.32 Å². The monoisotopic (exact) mass is 246 g/mol. The van der Waals surface area contributed by atoms with Gasteiger partial charge in [-0.05, 0) is 27.7 Å². The van der Waals surface area contributed by atoms with Crippen LogP contribution in [0.3, 0.4) is 0 Å². The van der Waals surface area contributed by atoms with E-state index < -0.39 is 5.54 Å². The maximum atomic E-state index is 12.0. The summed E-state index contributed by atoms with van der Waals surface area (Å²) in [6, 6.07) is 0.111. The van der Waals surface area contributed by atoms with Crippen LogP contribution in [0.15, 0.2) is 35.7 Å². The molecule has 2 aliphatic rings. The van der Waals surface area contributed by atoms with Gasteiger partial charge in [-0.1, -0.05) is 17.7 Å². The highest BCUT2D eigenvalue weighted by molar-refractivity contribution is 6.04. The Morgan fingerprint density at radius 2 is 2.17 bits per heavy atom. The number of hydrogen-bond donors (Lipinski definition) is 1. The van der Waals surface area contributed by atoms with Gasteiger partial charge in [-0.3, -0.25) is 9.59 Å². The summed E-state index contributed by atoms with van der Waals surface area (Å²) in [7, 11) is 0. The Bertz CT molecular complexity index is 498. The van der Waals surface area contributed by atoms with Crippen molar-refractivity contribution >= 4 is 11.7 Å². The molecule has 4 heteroatoms. The standard InChI is InChI=1S/C14H18N2O2/c1-9(2)7-13(18)15-12-8-11(17)14(4)6-5-10(3)16(12)14/h5-8,10H,1-4H3,(H,15,18). The quantitative estimate of drug-likeness (QED) is 0.593. The predicted molar refractivity (Wildman–Crippen MR) is 69.5 cm³/mol. The minimum Gasteiger partial charge on any atom is -0.335 e. The summed E-state index contributed by atoms with van der Waals surface area (Å²) in [6.45, 7) is 7.59. The van der Waals surface area contributed by atoms with Gasteiger partial charge in [0.2, 0.25) is 5.91 Å². The molecule has 0 aromatic heterocycles. The molecule has 18 heavy (non-hydrogen) atoms. The number of ketones is 1. The van der Waals surface area contributed by atoms with E-state index in [0.717, 1.165) is 5.57 Å². The summed E-state index contributed by atoms with van der Waals surface area (Å²) in [4.78, 5) is 25.7. The molecule has 2 aliphatic heterocycles. The normalized spacial score (nSPS) is 29.1. The van der Waals surface area contributed by atoms with Gasteiger partial charge in [0.1, 0.15) is 11.4 Å². The molecule has 2 unspecified atom stereocenters. The molecule has 0 fully saturated rings. The predicted octanol–water partition coefficient (Wildman–Crippen LogP) is 1.51. The minimum absolute atomic E-state index is 0.00981. The highest BCUT2D eigenvalue weighted by atomic mass is 16.2. The molecular weight excluding hydrogens is 228 g/mol. The summed E-state index contributed by atoms with van der Waals surface area (Å²) in [5.41, 5.74) is 0.292. The van der Waals surface area contributed by atoms with Crippen LogP contribution in [0.4, 0.5) is 0 Å². The molecule has 96 valence electrons. The molecule has 2 heterocycles. The average molecular weight is 246 g/mol. The molecule has 0 aliphatic carbocycles. The van der Waals surface area contributed by atoms with Gasteiger partial charge in [0.05, 0.1) is 0 Å². The van der Waals surface area contributed by atoms with Crippen LogP contribution in [-0.2, 0) is 9.59 Å². The Morgan fingerprint density at radius 1 is 1.50 bits per heavy atom. The molecule has 1 N–H and O–H groups in total. The summed E-state index contributed by atoms with van der Waals surface area (Å²) < 4.78 is 0. The number of rotatable bonds is 2.